The van der Waals surface area contributed by atoms with Crippen LogP contribution in [0.3, 0.4) is 0 Å². The smallest absolute Gasteiger partial charge is 0.191 e. The number of aliphatic imine (C=N–C) groups is 1. The van der Waals surface area contributed by atoms with E-state index in [1.807, 2.05) is 0 Å². The first-order valence-corrected chi connectivity index (χ1v) is 8.08. The van der Waals surface area contributed by atoms with Gasteiger partial charge in [-0.1, -0.05) is 0 Å². The fourth-order valence-corrected chi connectivity index (χ4v) is 2.09. The predicted molar refractivity (Wildman–Crippen MR) is 86.9 cm³/mol. The van der Waals surface area contributed by atoms with Crippen molar-refractivity contribution in [2.24, 2.45) is 4.99 Å². The summed E-state index contributed by atoms with van der Waals surface area (Å²) in [5.41, 5.74) is 0. The minimum absolute atomic E-state index is 0.298. The van der Waals surface area contributed by atoms with Crippen molar-refractivity contribution in [3.63, 3.8) is 0 Å². The molecule has 0 bridgehead atoms. The molecule has 1 heterocycles. The standard InChI is InChI=1S/C15H32N4O2/c1-4-16-15(17-8-5-10-19(2)3)18-9-6-11-21-14-7-12-20-13-14/h14H,4-13H2,1-3H3,(H2,16,17,18). The summed E-state index contributed by atoms with van der Waals surface area (Å²) in [7, 11) is 4.18. The summed E-state index contributed by atoms with van der Waals surface area (Å²) in [6.45, 7) is 8.14. The third-order valence-electron chi connectivity index (χ3n) is 3.23. The number of guanidine groups is 1. The van der Waals surface area contributed by atoms with Gasteiger partial charge < -0.3 is 25.0 Å². The Labute approximate surface area is 129 Å². The lowest BCUT2D eigenvalue weighted by Gasteiger charge is -2.13. The summed E-state index contributed by atoms with van der Waals surface area (Å²) in [5, 5.41) is 6.63. The van der Waals surface area contributed by atoms with Crippen LogP contribution in [-0.4, -0.2) is 77.1 Å². The molecule has 1 atom stereocenters. The van der Waals surface area contributed by atoms with Crippen LogP contribution >= 0.6 is 0 Å². The van der Waals surface area contributed by atoms with E-state index >= 15 is 0 Å². The van der Waals surface area contributed by atoms with Crippen LogP contribution < -0.4 is 10.6 Å². The molecule has 0 radical (unpaired) electrons. The second-order valence-corrected chi connectivity index (χ2v) is 5.55. The number of ether oxygens (including phenoxy) is 2. The normalized spacial score (nSPS) is 19.2. The second kappa shape index (κ2) is 11.8. The van der Waals surface area contributed by atoms with Crippen molar-refractivity contribution < 1.29 is 9.47 Å². The minimum Gasteiger partial charge on any atom is -0.379 e. The Morgan fingerprint density at radius 1 is 1.33 bits per heavy atom. The van der Waals surface area contributed by atoms with Gasteiger partial charge in [-0.25, -0.2) is 0 Å². The van der Waals surface area contributed by atoms with Crippen molar-refractivity contribution in [3.8, 4) is 0 Å². The van der Waals surface area contributed by atoms with Crippen LogP contribution in [0, 0.1) is 0 Å². The van der Waals surface area contributed by atoms with E-state index in [9.17, 15) is 0 Å². The molecule has 1 aliphatic rings. The molecule has 0 aliphatic carbocycles. The zero-order chi connectivity index (χ0) is 15.3. The maximum absolute atomic E-state index is 5.73. The number of nitrogens with one attached hydrogen (secondary N) is 2. The first-order chi connectivity index (χ1) is 10.2. The molecule has 0 spiro atoms. The van der Waals surface area contributed by atoms with Gasteiger partial charge in [0.2, 0.25) is 0 Å². The predicted octanol–water partition coefficient (Wildman–Crippen LogP) is 0.689. The molecule has 1 saturated heterocycles. The second-order valence-electron chi connectivity index (χ2n) is 5.55. The molecule has 0 saturated carbocycles. The van der Waals surface area contributed by atoms with E-state index in [4.69, 9.17) is 9.47 Å². The first-order valence-electron chi connectivity index (χ1n) is 8.08. The topological polar surface area (TPSA) is 58.1 Å². The van der Waals surface area contributed by atoms with Crippen LogP contribution in [0.25, 0.3) is 0 Å². The van der Waals surface area contributed by atoms with Crippen LogP contribution in [0.15, 0.2) is 4.99 Å². The molecule has 1 fully saturated rings. The van der Waals surface area contributed by atoms with Gasteiger partial charge in [-0.2, -0.15) is 0 Å². The number of hydrogen-bond donors (Lipinski definition) is 2. The first kappa shape index (κ1) is 18.2. The molecular formula is C15H32N4O2. The molecule has 1 rings (SSSR count). The Kier molecular flexibility index (Phi) is 10.2. The Bertz CT molecular complexity index is 279. The number of nitrogens with zero attached hydrogens (tertiary/aromatic N) is 2. The highest BCUT2D eigenvalue weighted by atomic mass is 16.5. The van der Waals surface area contributed by atoms with Gasteiger partial charge in [0.1, 0.15) is 0 Å². The highest BCUT2D eigenvalue weighted by Gasteiger charge is 2.15. The van der Waals surface area contributed by atoms with E-state index in [0.29, 0.717) is 6.10 Å². The largest absolute Gasteiger partial charge is 0.379 e. The monoisotopic (exact) mass is 300 g/mol. The summed E-state index contributed by atoms with van der Waals surface area (Å²) >= 11 is 0. The van der Waals surface area contributed by atoms with E-state index in [0.717, 1.165) is 71.2 Å². The van der Waals surface area contributed by atoms with Crippen molar-refractivity contribution in [1.82, 2.24) is 15.5 Å². The summed E-state index contributed by atoms with van der Waals surface area (Å²) in [6, 6.07) is 0. The van der Waals surface area contributed by atoms with Gasteiger partial charge in [-0.15, -0.1) is 0 Å². The fourth-order valence-electron chi connectivity index (χ4n) is 2.09. The van der Waals surface area contributed by atoms with Crippen molar-refractivity contribution >= 4 is 5.96 Å². The quantitative estimate of drug-likeness (QED) is 0.353. The molecule has 0 amide bonds. The summed E-state index contributed by atoms with van der Waals surface area (Å²) in [5.74, 6) is 0.903. The van der Waals surface area contributed by atoms with Gasteiger partial charge in [0, 0.05) is 32.8 Å². The van der Waals surface area contributed by atoms with Gasteiger partial charge in [0.15, 0.2) is 5.96 Å². The summed E-state index contributed by atoms with van der Waals surface area (Å²) in [6.07, 6.45) is 3.39. The van der Waals surface area contributed by atoms with Crippen molar-refractivity contribution in [3.05, 3.63) is 0 Å². The summed E-state index contributed by atoms with van der Waals surface area (Å²) < 4.78 is 11.0. The third kappa shape index (κ3) is 9.66. The Morgan fingerprint density at radius 3 is 2.86 bits per heavy atom. The van der Waals surface area contributed by atoms with Gasteiger partial charge in [-0.3, -0.25) is 4.99 Å². The molecule has 0 aromatic rings. The van der Waals surface area contributed by atoms with Crippen molar-refractivity contribution in [2.75, 3.05) is 60.1 Å². The minimum atomic E-state index is 0.298. The Morgan fingerprint density at radius 2 is 2.19 bits per heavy atom. The maximum atomic E-state index is 5.73. The molecule has 6 heteroatoms. The molecule has 2 N–H and O–H groups in total. The van der Waals surface area contributed by atoms with E-state index in [-0.39, 0.29) is 0 Å². The van der Waals surface area contributed by atoms with Gasteiger partial charge >= 0.3 is 0 Å². The van der Waals surface area contributed by atoms with Crippen molar-refractivity contribution in [1.29, 1.82) is 0 Å². The molecule has 1 aliphatic heterocycles. The van der Waals surface area contributed by atoms with Gasteiger partial charge in [0.25, 0.3) is 0 Å². The van der Waals surface area contributed by atoms with Crippen LogP contribution in [0.1, 0.15) is 26.2 Å². The third-order valence-corrected chi connectivity index (χ3v) is 3.23. The van der Waals surface area contributed by atoms with Crippen LogP contribution in [0.2, 0.25) is 0 Å². The number of rotatable bonds is 10. The zero-order valence-electron chi connectivity index (χ0n) is 13.9. The molecule has 0 aromatic heterocycles. The highest BCUT2D eigenvalue weighted by Crippen LogP contribution is 2.07. The molecule has 1 unspecified atom stereocenters. The van der Waals surface area contributed by atoms with Gasteiger partial charge in [0.05, 0.1) is 12.7 Å². The molecule has 21 heavy (non-hydrogen) atoms. The van der Waals surface area contributed by atoms with E-state index in [2.05, 4.69) is 41.5 Å². The SMILES string of the molecule is CCNC(=NCCCOC1CCOC1)NCCCN(C)C. The fraction of sp³-hybridized carbons (Fsp3) is 0.933. The van der Waals surface area contributed by atoms with E-state index in [1.54, 1.807) is 0 Å². The van der Waals surface area contributed by atoms with E-state index in [1.165, 1.54) is 0 Å². The zero-order valence-corrected chi connectivity index (χ0v) is 13.9. The molecular weight excluding hydrogens is 268 g/mol. The Balaban J connectivity index is 2.08. The molecule has 0 aromatic carbocycles. The van der Waals surface area contributed by atoms with Crippen LogP contribution in [0.4, 0.5) is 0 Å². The van der Waals surface area contributed by atoms with Crippen molar-refractivity contribution in [2.45, 2.75) is 32.3 Å². The number of hydrogen-bond acceptors (Lipinski definition) is 4. The van der Waals surface area contributed by atoms with E-state index < -0.39 is 0 Å². The lowest BCUT2D eigenvalue weighted by molar-refractivity contribution is 0.0424. The lowest BCUT2D eigenvalue weighted by Crippen LogP contribution is -2.38. The summed E-state index contributed by atoms with van der Waals surface area (Å²) in [4.78, 5) is 6.75. The Hall–Kier alpha value is -0.850. The van der Waals surface area contributed by atoms with Gasteiger partial charge in [-0.05, 0) is 46.8 Å². The highest BCUT2D eigenvalue weighted by molar-refractivity contribution is 5.79. The van der Waals surface area contributed by atoms with Crippen LogP contribution in [0.5, 0.6) is 0 Å². The van der Waals surface area contributed by atoms with Crippen LogP contribution in [-0.2, 0) is 9.47 Å². The average Bonchev–Trinajstić information content (AvgIpc) is 2.96. The molecule has 124 valence electrons. The molecule has 6 nitrogen and oxygen atoms in total. The average molecular weight is 300 g/mol. The maximum Gasteiger partial charge on any atom is 0.191 e. The lowest BCUT2D eigenvalue weighted by atomic mass is 10.3.